The molecule has 1 atom stereocenters. The average Bonchev–Trinajstić information content (AvgIpc) is 3.05. The molecular formula is C20H22FNO2. The Bertz CT molecular complexity index is 701. The minimum Gasteiger partial charge on any atom is -0.493 e. The predicted molar refractivity (Wildman–Crippen MR) is 90.8 cm³/mol. The minimum absolute atomic E-state index is 0.168. The van der Waals surface area contributed by atoms with Gasteiger partial charge in [-0.3, -0.25) is 4.90 Å². The molecule has 0 N–H and O–H groups in total. The topological polar surface area (TPSA) is 21.7 Å². The molecule has 24 heavy (non-hydrogen) atoms. The van der Waals surface area contributed by atoms with E-state index in [1.807, 2.05) is 12.1 Å². The van der Waals surface area contributed by atoms with E-state index in [2.05, 4.69) is 23.1 Å². The van der Waals surface area contributed by atoms with Crippen molar-refractivity contribution >= 4 is 0 Å². The van der Waals surface area contributed by atoms with Crippen LogP contribution in [0.5, 0.6) is 5.75 Å². The van der Waals surface area contributed by atoms with Crippen molar-refractivity contribution in [2.45, 2.75) is 25.5 Å². The molecule has 1 fully saturated rings. The van der Waals surface area contributed by atoms with Gasteiger partial charge >= 0.3 is 0 Å². The molecule has 4 heteroatoms. The van der Waals surface area contributed by atoms with Crippen molar-refractivity contribution in [3.8, 4) is 5.75 Å². The maximum atomic E-state index is 13.0. The van der Waals surface area contributed by atoms with Crippen molar-refractivity contribution in [3.05, 3.63) is 65.0 Å². The highest BCUT2D eigenvalue weighted by atomic mass is 19.1. The Morgan fingerprint density at radius 2 is 1.88 bits per heavy atom. The number of fused-ring (bicyclic) bond motifs is 1. The molecule has 2 aliphatic rings. The van der Waals surface area contributed by atoms with Gasteiger partial charge in [0.2, 0.25) is 0 Å². The lowest BCUT2D eigenvalue weighted by Gasteiger charge is -2.33. The maximum Gasteiger partial charge on any atom is 0.123 e. The second kappa shape index (κ2) is 6.91. The molecule has 1 saturated heterocycles. The van der Waals surface area contributed by atoms with Gasteiger partial charge in [-0.2, -0.15) is 0 Å². The number of hydrogen-bond acceptors (Lipinski definition) is 3. The zero-order valence-corrected chi connectivity index (χ0v) is 13.7. The van der Waals surface area contributed by atoms with Gasteiger partial charge in [-0.1, -0.05) is 24.3 Å². The molecule has 0 amide bonds. The van der Waals surface area contributed by atoms with Crippen LogP contribution in [-0.4, -0.2) is 37.3 Å². The molecule has 0 radical (unpaired) electrons. The fraction of sp³-hybridized carbons (Fsp3) is 0.400. The van der Waals surface area contributed by atoms with E-state index in [1.165, 1.54) is 23.3 Å². The Morgan fingerprint density at radius 1 is 1.04 bits per heavy atom. The Hall–Kier alpha value is -1.91. The van der Waals surface area contributed by atoms with E-state index in [4.69, 9.17) is 9.47 Å². The summed E-state index contributed by atoms with van der Waals surface area (Å²) in [5, 5.41) is 0. The standard InChI is InChI=1S/C20H22FNO2/c21-18-4-1-15(2-5-18)12-19-14-22(8-10-23-19)13-16-3-6-20-17(11-16)7-9-24-20/h1-6,11,19H,7-10,12-14H2. The minimum atomic E-state index is -0.189. The molecule has 2 heterocycles. The van der Waals surface area contributed by atoms with E-state index in [0.717, 1.165) is 57.0 Å². The molecule has 1 unspecified atom stereocenters. The summed E-state index contributed by atoms with van der Waals surface area (Å²) >= 11 is 0. The van der Waals surface area contributed by atoms with Crippen molar-refractivity contribution in [1.29, 1.82) is 0 Å². The highest BCUT2D eigenvalue weighted by molar-refractivity contribution is 5.39. The van der Waals surface area contributed by atoms with Gasteiger partial charge in [-0.15, -0.1) is 0 Å². The highest BCUT2D eigenvalue weighted by Crippen LogP contribution is 2.26. The number of morpholine rings is 1. The molecule has 3 nitrogen and oxygen atoms in total. The number of ether oxygens (including phenoxy) is 2. The van der Waals surface area contributed by atoms with Crippen LogP contribution in [-0.2, 0) is 24.1 Å². The van der Waals surface area contributed by atoms with E-state index in [9.17, 15) is 4.39 Å². The molecule has 0 aliphatic carbocycles. The summed E-state index contributed by atoms with van der Waals surface area (Å²) in [5.74, 6) is 0.848. The van der Waals surface area contributed by atoms with Crippen molar-refractivity contribution in [1.82, 2.24) is 4.90 Å². The van der Waals surface area contributed by atoms with E-state index < -0.39 is 0 Å². The first kappa shape index (κ1) is 15.6. The summed E-state index contributed by atoms with van der Waals surface area (Å²) in [4.78, 5) is 2.44. The monoisotopic (exact) mass is 327 g/mol. The normalized spacial score (nSPS) is 20.6. The Morgan fingerprint density at radius 3 is 2.75 bits per heavy atom. The van der Waals surface area contributed by atoms with Gasteiger partial charge in [0.15, 0.2) is 0 Å². The van der Waals surface area contributed by atoms with E-state index in [1.54, 1.807) is 0 Å². The number of rotatable bonds is 4. The molecule has 2 aromatic rings. The molecule has 4 rings (SSSR count). The van der Waals surface area contributed by atoms with Crippen LogP contribution in [0.2, 0.25) is 0 Å². The van der Waals surface area contributed by atoms with Crippen LogP contribution in [0.3, 0.4) is 0 Å². The lowest BCUT2D eigenvalue weighted by molar-refractivity contribution is -0.0305. The largest absolute Gasteiger partial charge is 0.493 e. The third-order valence-electron chi connectivity index (χ3n) is 4.76. The van der Waals surface area contributed by atoms with Gasteiger partial charge in [-0.05, 0) is 41.3 Å². The number of halogens is 1. The zero-order valence-electron chi connectivity index (χ0n) is 13.7. The summed E-state index contributed by atoms with van der Waals surface area (Å²) in [6.07, 6.45) is 2.01. The summed E-state index contributed by atoms with van der Waals surface area (Å²) in [7, 11) is 0. The van der Waals surface area contributed by atoms with Crippen LogP contribution in [0.1, 0.15) is 16.7 Å². The molecule has 0 saturated carbocycles. The fourth-order valence-electron chi connectivity index (χ4n) is 3.53. The zero-order chi connectivity index (χ0) is 16.4. The first-order valence-corrected chi connectivity index (χ1v) is 8.59. The van der Waals surface area contributed by atoms with Gasteiger partial charge in [0.05, 0.1) is 19.3 Å². The van der Waals surface area contributed by atoms with Crippen molar-refractivity contribution in [2.24, 2.45) is 0 Å². The van der Waals surface area contributed by atoms with E-state index >= 15 is 0 Å². The van der Waals surface area contributed by atoms with Gasteiger partial charge in [-0.25, -0.2) is 4.39 Å². The molecule has 0 spiro atoms. The van der Waals surface area contributed by atoms with Gasteiger partial charge in [0.1, 0.15) is 11.6 Å². The van der Waals surface area contributed by atoms with Crippen molar-refractivity contribution in [3.63, 3.8) is 0 Å². The van der Waals surface area contributed by atoms with Crippen molar-refractivity contribution < 1.29 is 13.9 Å². The third kappa shape index (κ3) is 3.60. The van der Waals surface area contributed by atoms with Gasteiger partial charge < -0.3 is 9.47 Å². The third-order valence-corrected chi connectivity index (χ3v) is 4.76. The first-order chi connectivity index (χ1) is 11.8. The number of benzene rings is 2. The Kier molecular flexibility index (Phi) is 4.50. The van der Waals surface area contributed by atoms with Crippen LogP contribution in [0, 0.1) is 5.82 Å². The quantitative estimate of drug-likeness (QED) is 0.861. The molecule has 0 bridgehead atoms. The summed E-state index contributed by atoms with van der Waals surface area (Å²) in [5.41, 5.74) is 3.78. The predicted octanol–water partition coefficient (Wildman–Crippen LogP) is 3.20. The summed E-state index contributed by atoms with van der Waals surface area (Å²) in [6, 6.07) is 13.2. The Labute approximate surface area is 142 Å². The first-order valence-electron chi connectivity index (χ1n) is 8.59. The lowest BCUT2D eigenvalue weighted by atomic mass is 10.1. The highest BCUT2D eigenvalue weighted by Gasteiger charge is 2.21. The van der Waals surface area contributed by atoms with Gasteiger partial charge in [0.25, 0.3) is 0 Å². The smallest absolute Gasteiger partial charge is 0.123 e. The summed E-state index contributed by atoms with van der Waals surface area (Å²) in [6.45, 7) is 4.35. The van der Waals surface area contributed by atoms with Crippen LogP contribution >= 0.6 is 0 Å². The van der Waals surface area contributed by atoms with Gasteiger partial charge in [0, 0.05) is 26.1 Å². The number of nitrogens with zero attached hydrogens (tertiary/aromatic N) is 1. The van der Waals surface area contributed by atoms with E-state index in [-0.39, 0.29) is 11.9 Å². The van der Waals surface area contributed by atoms with Crippen LogP contribution in [0.15, 0.2) is 42.5 Å². The second-order valence-electron chi connectivity index (χ2n) is 6.60. The lowest BCUT2D eigenvalue weighted by Crippen LogP contribution is -2.42. The molecule has 0 aromatic heterocycles. The molecular weight excluding hydrogens is 305 g/mol. The van der Waals surface area contributed by atoms with E-state index in [0.29, 0.717) is 0 Å². The SMILES string of the molecule is Fc1ccc(CC2CN(Cc3ccc4c(c3)CCO4)CCO2)cc1. The van der Waals surface area contributed by atoms with Crippen LogP contribution in [0.4, 0.5) is 4.39 Å². The number of hydrogen-bond donors (Lipinski definition) is 0. The fourth-order valence-corrected chi connectivity index (χ4v) is 3.53. The molecule has 2 aliphatic heterocycles. The second-order valence-corrected chi connectivity index (χ2v) is 6.60. The molecule has 126 valence electrons. The average molecular weight is 327 g/mol. The van der Waals surface area contributed by atoms with Crippen molar-refractivity contribution in [2.75, 3.05) is 26.3 Å². The Balaban J connectivity index is 1.37. The molecule has 2 aromatic carbocycles. The van der Waals surface area contributed by atoms with Crippen LogP contribution in [0.25, 0.3) is 0 Å². The summed E-state index contributed by atoms with van der Waals surface area (Å²) < 4.78 is 24.5. The van der Waals surface area contributed by atoms with Crippen LogP contribution < -0.4 is 4.74 Å². The maximum absolute atomic E-state index is 13.0.